The molecule has 11 nitrogen and oxygen atoms in total. The van der Waals surface area contributed by atoms with Gasteiger partial charge in [0.25, 0.3) is 0 Å². The molecule has 1 aromatic carbocycles. The van der Waals surface area contributed by atoms with Crippen LogP contribution < -0.4 is 4.90 Å². The third-order valence-corrected chi connectivity index (χ3v) is 11.8. The number of sulfone groups is 2. The minimum Gasteiger partial charge on any atom is -0.480 e. The number of hydrogen-bond acceptors (Lipinski definition) is 8. The fourth-order valence-corrected chi connectivity index (χ4v) is 7.59. The topological polar surface area (TPSA) is 159 Å². The van der Waals surface area contributed by atoms with E-state index in [0.717, 1.165) is 48.9 Å². The fourth-order valence-electron chi connectivity index (χ4n) is 4.43. The number of Topliss-reactive ketones (excluding diaryl/α,β-unsaturated/α-hetero) is 1. The van der Waals surface area contributed by atoms with Crippen LogP contribution in [0, 0.1) is 5.92 Å². The molecule has 1 aliphatic carbocycles. The van der Waals surface area contributed by atoms with E-state index in [4.69, 9.17) is 0 Å². The number of aliphatic carboxylic acids is 1. The number of anilines is 1. The van der Waals surface area contributed by atoms with Gasteiger partial charge in [-0.3, -0.25) is 14.5 Å². The first kappa shape index (κ1) is 26.8. The van der Waals surface area contributed by atoms with E-state index in [1.54, 1.807) is 24.3 Å². The Bertz CT molecular complexity index is 1250. The van der Waals surface area contributed by atoms with Crippen molar-refractivity contribution in [3.63, 3.8) is 0 Å². The molecule has 0 atom stereocenters. The number of urea groups is 1. The monoisotopic (exact) mass is 527 g/mol. The van der Waals surface area contributed by atoms with Crippen LogP contribution >= 0.6 is 0 Å². The highest BCUT2D eigenvalue weighted by Crippen LogP contribution is 2.35. The third-order valence-electron chi connectivity index (χ3n) is 6.65. The number of hydrogen-bond donors (Lipinski definition) is 1. The van der Waals surface area contributed by atoms with Gasteiger partial charge in [0.15, 0.2) is 25.5 Å². The summed E-state index contributed by atoms with van der Waals surface area (Å²) in [4.78, 5) is 39.2. The summed E-state index contributed by atoms with van der Waals surface area (Å²) in [6.07, 6.45) is 5.82. The van der Waals surface area contributed by atoms with Crippen LogP contribution in [0.1, 0.15) is 44.6 Å². The molecule has 2 amide bonds. The lowest BCUT2D eigenvalue weighted by molar-refractivity contribution is -0.137. The molecule has 1 heterocycles. The Hall–Kier alpha value is -2.80. The van der Waals surface area contributed by atoms with Crippen LogP contribution in [0.2, 0.25) is 0 Å². The quantitative estimate of drug-likeness (QED) is 0.534. The Labute approximate surface area is 204 Å². The number of carbonyl (C=O) groups is 3. The number of ketones is 1. The van der Waals surface area contributed by atoms with Gasteiger partial charge in [0.1, 0.15) is 6.54 Å². The molecular formula is C22H29N3O8S2. The number of amides is 2. The lowest BCUT2D eigenvalue weighted by Crippen LogP contribution is -2.55. The molecule has 1 N–H and O–H groups in total. The Morgan fingerprint density at radius 1 is 1.03 bits per heavy atom. The lowest BCUT2D eigenvalue weighted by Gasteiger charge is -2.30. The highest BCUT2D eigenvalue weighted by molar-refractivity contribution is 8.10. The fraction of sp³-hybridized carbons (Fsp3) is 0.545. The van der Waals surface area contributed by atoms with Crippen molar-refractivity contribution < 1.29 is 36.3 Å². The van der Waals surface area contributed by atoms with E-state index in [2.05, 4.69) is 5.10 Å². The molecule has 35 heavy (non-hydrogen) atoms. The molecule has 3 rings (SSSR count). The summed E-state index contributed by atoms with van der Waals surface area (Å²) in [5.41, 5.74) is 1.25. The summed E-state index contributed by atoms with van der Waals surface area (Å²) in [6, 6.07) is 5.60. The first-order valence-electron chi connectivity index (χ1n) is 11.1. The van der Waals surface area contributed by atoms with Gasteiger partial charge in [-0.1, -0.05) is 37.5 Å². The number of hydrazone groups is 1. The van der Waals surface area contributed by atoms with Crippen LogP contribution in [-0.4, -0.2) is 80.1 Å². The smallest absolute Gasteiger partial charge is 0.345 e. The molecule has 0 unspecified atom stereocenters. The molecule has 1 aromatic rings. The number of nitrogens with zero attached hydrogens (tertiary/aromatic N) is 3. The molecule has 0 bridgehead atoms. The van der Waals surface area contributed by atoms with Crippen molar-refractivity contribution in [1.29, 1.82) is 0 Å². The molecule has 1 aliphatic heterocycles. The molecular weight excluding hydrogens is 498 g/mol. The zero-order chi connectivity index (χ0) is 26.2. The van der Waals surface area contributed by atoms with Crippen LogP contribution in [0.3, 0.4) is 0 Å². The van der Waals surface area contributed by atoms with Crippen molar-refractivity contribution in [2.45, 2.75) is 43.1 Å². The zero-order valence-electron chi connectivity index (χ0n) is 19.8. The molecule has 0 radical (unpaired) electrons. The van der Waals surface area contributed by atoms with Crippen LogP contribution in [0.5, 0.6) is 0 Å². The predicted octanol–water partition coefficient (Wildman–Crippen LogP) is 1.67. The molecule has 192 valence electrons. The summed E-state index contributed by atoms with van der Waals surface area (Å²) in [7, 11) is -8.90. The van der Waals surface area contributed by atoms with Crippen molar-refractivity contribution >= 4 is 48.9 Å². The Morgan fingerprint density at radius 2 is 1.60 bits per heavy atom. The number of rotatable bonds is 8. The van der Waals surface area contributed by atoms with Crippen LogP contribution in [-0.2, 0) is 29.3 Å². The number of fused-ring (bicyclic) bond motifs is 1. The van der Waals surface area contributed by atoms with Gasteiger partial charge in [-0.15, -0.1) is 0 Å². The molecule has 1 fully saturated rings. The summed E-state index contributed by atoms with van der Waals surface area (Å²) in [6.45, 7) is -0.896. The van der Waals surface area contributed by atoms with E-state index in [0.29, 0.717) is 23.8 Å². The average Bonchev–Trinajstić information content (AvgIpc) is 2.88. The van der Waals surface area contributed by atoms with Crippen molar-refractivity contribution in [1.82, 2.24) is 5.01 Å². The van der Waals surface area contributed by atoms with Gasteiger partial charge in [0.05, 0.1) is 17.9 Å². The second-order valence-corrected chi connectivity index (χ2v) is 14.1. The van der Waals surface area contributed by atoms with Crippen LogP contribution in [0.25, 0.3) is 0 Å². The highest BCUT2D eigenvalue weighted by Gasteiger charge is 2.53. The van der Waals surface area contributed by atoms with E-state index in [-0.39, 0.29) is 11.6 Å². The number of carbonyl (C=O) groups excluding carboxylic acids is 2. The molecule has 1 saturated carbocycles. The van der Waals surface area contributed by atoms with Gasteiger partial charge < -0.3 is 5.11 Å². The number of para-hydroxylation sites is 1. The maximum atomic E-state index is 13.5. The minimum absolute atomic E-state index is 0.0399. The Morgan fingerprint density at radius 3 is 2.14 bits per heavy atom. The second-order valence-electron chi connectivity index (χ2n) is 9.07. The number of carboxylic acid groups (broad SMARTS) is 1. The zero-order valence-corrected chi connectivity index (χ0v) is 21.4. The Balaban J connectivity index is 2.16. The molecule has 0 aromatic heterocycles. The van der Waals surface area contributed by atoms with E-state index in [9.17, 15) is 36.3 Å². The van der Waals surface area contributed by atoms with Crippen molar-refractivity contribution in [2.75, 3.05) is 30.5 Å². The third kappa shape index (κ3) is 5.10. The number of benzene rings is 1. The number of carboxylic acids is 1. The van der Waals surface area contributed by atoms with Crippen molar-refractivity contribution in [3.8, 4) is 0 Å². The van der Waals surface area contributed by atoms with Gasteiger partial charge >= 0.3 is 12.0 Å². The first-order valence-corrected chi connectivity index (χ1v) is 14.9. The average molecular weight is 528 g/mol. The maximum Gasteiger partial charge on any atom is 0.345 e. The Kier molecular flexibility index (Phi) is 7.42. The lowest BCUT2D eigenvalue weighted by atomic mass is 9.83. The van der Waals surface area contributed by atoms with E-state index in [1.807, 2.05) is 0 Å². The summed E-state index contributed by atoms with van der Waals surface area (Å²) >= 11 is 0. The second kappa shape index (κ2) is 9.69. The van der Waals surface area contributed by atoms with Gasteiger partial charge in [-0.25, -0.2) is 26.6 Å². The standard InChI is InChI=1S/C22H29N3O8S2/c1-22(34(2,30)31,35(3,32)33)18(26)13-24-17-12-8-7-11-16(17)20(15-9-5-4-6-10-15)23-25(21(24)29)14-19(27)28/h7-8,11-12,15H,4-6,9-10,13-14H2,1-3H3,(H,27,28). The molecule has 0 saturated heterocycles. The first-order chi connectivity index (χ1) is 16.2. The normalized spacial score (nSPS) is 18.0. The summed E-state index contributed by atoms with van der Waals surface area (Å²) < 4.78 is 46.9. The van der Waals surface area contributed by atoms with Gasteiger partial charge in [0, 0.05) is 24.0 Å². The van der Waals surface area contributed by atoms with Crippen LogP contribution in [0.15, 0.2) is 29.4 Å². The van der Waals surface area contributed by atoms with Crippen LogP contribution in [0.4, 0.5) is 10.5 Å². The van der Waals surface area contributed by atoms with Gasteiger partial charge in [-0.2, -0.15) is 5.10 Å². The SMILES string of the molecule is CC(C(=O)CN1C(=O)N(CC(=O)O)N=C(C2CCCCC2)c2ccccc21)(S(C)(=O)=O)S(C)(=O)=O. The van der Waals surface area contributed by atoms with Crippen molar-refractivity contribution in [3.05, 3.63) is 29.8 Å². The highest BCUT2D eigenvalue weighted by atomic mass is 32.3. The molecule has 13 heteroatoms. The van der Waals surface area contributed by atoms with E-state index < -0.39 is 54.6 Å². The molecule has 2 aliphatic rings. The predicted molar refractivity (Wildman–Crippen MR) is 130 cm³/mol. The van der Waals surface area contributed by atoms with Crippen molar-refractivity contribution in [2.24, 2.45) is 11.0 Å². The largest absolute Gasteiger partial charge is 0.480 e. The summed E-state index contributed by atoms with van der Waals surface area (Å²) in [5.74, 6) is -2.61. The van der Waals surface area contributed by atoms with E-state index >= 15 is 0 Å². The van der Waals surface area contributed by atoms with Gasteiger partial charge in [-0.05, 0) is 25.8 Å². The molecule has 0 spiro atoms. The van der Waals surface area contributed by atoms with Gasteiger partial charge in [0.2, 0.25) is 4.08 Å². The minimum atomic E-state index is -4.45. The summed E-state index contributed by atoms with van der Waals surface area (Å²) in [5, 5.41) is 14.5. The van der Waals surface area contributed by atoms with E-state index in [1.165, 1.54) is 0 Å². The maximum absolute atomic E-state index is 13.5.